The summed E-state index contributed by atoms with van der Waals surface area (Å²) < 4.78 is 9.17. The SMILES string of the molecule is c1ccc(-c2nc(-c3cc4ccccc4c4ccccc34)nc(-c3cccc4oc5cccc(-c6cccc7sc8ccccc8c67)c5c34)n2)cc1. The summed E-state index contributed by atoms with van der Waals surface area (Å²) in [6, 6.07) is 57.2. The number of nitrogens with zero attached hydrogens (tertiary/aromatic N) is 3. The van der Waals surface area contributed by atoms with Crippen molar-refractivity contribution in [1.29, 1.82) is 0 Å². The van der Waals surface area contributed by atoms with Gasteiger partial charge in [0, 0.05) is 47.6 Å². The summed E-state index contributed by atoms with van der Waals surface area (Å²) in [6.45, 7) is 0. The fourth-order valence-corrected chi connectivity index (χ4v) is 8.98. The Morgan fingerprint density at radius 2 is 0.923 bits per heavy atom. The highest BCUT2D eigenvalue weighted by atomic mass is 32.1. The molecule has 3 heterocycles. The zero-order valence-electron chi connectivity index (χ0n) is 27.7. The van der Waals surface area contributed by atoms with Crippen LogP contribution in [-0.2, 0) is 0 Å². The van der Waals surface area contributed by atoms with E-state index in [2.05, 4.69) is 133 Å². The van der Waals surface area contributed by atoms with Gasteiger partial charge in [-0.2, -0.15) is 0 Å². The van der Waals surface area contributed by atoms with E-state index in [-0.39, 0.29) is 0 Å². The summed E-state index contributed by atoms with van der Waals surface area (Å²) in [5.74, 6) is 1.85. The number of thiophene rings is 1. The Balaban J connectivity index is 1.22. The molecule has 0 amide bonds. The van der Waals surface area contributed by atoms with Crippen LogP contribution >= 0.6 is 11.3 Å². The Morgan fingerprint density at radius 3 is 1.73 bits per heavy atom. The number of hydrogen-bond acceptors (Lipinski definition) is 5. The summed E-state index contributed by atoms with van der Waals surface area (Å²) in [5.41, 5.74) is 6.72. The standard InChI is InChI=1S/C47H27N3OS/c1-2-13-28(14-3-1)45-48-46(50-47(49-45)37-27-29-15-4-5-16-30(29)31-17-6-7-18-32(31)37)36-22-11-24-39-44(36)43-34(20-10-23-38(43)51-39)33-21-12-26-41-42(33)35-19-8-9-25-40(35)52-41/h1-27H. The Kier molecular flexibility index (Phi) is 6.39. The zero-order chi connectivity index (χ0) is 34.2. The molecule has 0 atom stereocenters. The van der Waals surface area contributed by atoms with Crippen molar-refractivity contribution in [3.05, 3.63) is 164 Å². The molecule has 0 radical (unpaired) electrons. The van der Waals surface area contributed by atoms with Crippen LogP contribution in [0.2, 0.25) is 0 Å². The van der Waals surface area contributed by atoms with Gasteiger partial charge in [0.25, 0.3) is 0 Å². The lowest BCUT2D eigenvalue weighted by molar-refractivity contribution is 0.669. The van der Waals surface area contributed by atoms with Gasteiger partial charge in [0.1, 0.15) is 11.2 Å². The first-order valence-corrected chi connectivity index (χ1v) is 18.2. The van der Waals surface area contributed by atoms with Crippen LogP contribution in [0, 0.1) is 0 Å². The first kappa shape index (κ1) is 29.1. The number of aromatic nitrogens is 3. The molecule has 0 saturated heterocycles. The monoisotopic (exact) mass is 681 g/mol. The van der Waals surface area contributed by atoms with Crippen molar-refractivity contribution in [3.8, 4) is 45.3 Å². The zero-order valence-corrected chi connectivity index (χ0v) is 28.6. The molecule has 11 rings (SSSR count). The quantitative estimate of drug-likeness (QED) is 0.174. The summed E-state index contributed by atoms with van der Waals surface area (Å²) in [6.07, 6.45) is 0. The third-order valence-electron chi connectivity index (χ3n) is 10.1. The molecule has 0 saturated carbocycles. The van der Waals surface area contributed by atoms with E-state index in [4.69, 9.17) is 19.4 Å². The number of benzene rings is 8. The van der Waals surface area contributed by atoms with E-state index >= 15 is 0 Å². The number of hydrogen-bond donors (Lipinski definition) is 0. The Morgan fingerprint density at radius 1 is 0.365 bits per heavy atom. The molecule has 5 heteroatoms. The lowest BCUT2D eigenvalue weighted by Crippen LogP contribution is -2.01. The highest BCUT2D eigenvalue weighted by molar-refractivity contribution is 7.25. The van der Waals surface area contributed by atoms with Gasteiger partial charge in [-0.25, -0.2) is 15.0 Å². The Bertz CT molecular complexity index is 3200. The van der Waals surface area contributed by atoms with Gasteiger partial charge in [-0.05, 0) is 63.0 Å². The Labute approximate surface area is 302 Å². The van der Waals surface area contributed by atoms with E-state index in [9.17, 15) is 0 Å². The van der Waals surface area contributed by atoms with E-state index in [1.807, 2.05) is 41.7 Å². The van der Waals surface area contributed by atoms with Crippen LogP contribution in [0.25, 0.3) is 109 Å². The highest BCUT2D eigenvalue weighted by Crippen LogP contribution is 2.46. The van der Waals surface area contributed by atoms with E-state index in [1.54, 1.807) is 0 Å². The van der Waals surface area contributed by atoms with Crippen molar-refractivity contribution in [3.63, 3.8) is 0 Å². The van der Waals surface area contributed by atoms with E-state index in [0.29, 0.717) is 17.5 Å². The van der Waals surface area contributed by atoms with Gasteiger partial charge >= 0.3 is 0 Å². The predicted molar refractivity (Wildman–Crippen MR) is 217 cm³/mol. The molecular weight excluding hydrogens is 655 g/mol. The minimum Gasteiger partial charge on any atom is -0.456 e. The van der Waals surface area contributed by atoms with Gasteiger partial charge in [0.2, 0.25) is 0 Å². The highest BCUT2D eigenvalue weighted by Gasteiger charge is 2.22. The van der Waals surface area contributed by atoms with Crippen molar-refractivity contribution in [2.75, 3.05) is 0 Å². The molecule has 242 valence electrons. The molecular formula is C47H27N3OS. The molecule has 52 heavy (non-hydrogen) atoms. The second kappa shape index (κ2) is 11.4. The normalized spacial score (nSPS) is 11.8. The summed E-state index contributed by atoms with van der Waals surface area (Å²) in [4.78, 5) is 15.7. The fraction of sp³-hybridized carbons (Fsp3) is 0. The van der Waals surface area contributed by atoms with Crippen LogP contribution in [-0.4, -0.2) is 15.0 Å². The second-order valence-corrected chi connectivity index (χ2v) is 14.2. The van der Waals surface area contributed by atoms with E-state index in [1.165, 1.54) is 36.5 Å². The van der Waals surface area contributed by atoms with Crippen LogP contribution in [0.1, 0.15) is 0 Å². The summed E-state index contributed by atoms with van der Waals surface area (Å²) >= 11 is 1.83. The molecule has 0 bridgehead atoms. The molecule has 0 spiro atoms. The largest absolute Gasteiger partial charge is 0.456 e. The molecule has 0 aliphatic rings. The molecule has 11 aromatic rings. The number of furan rings is 1. The smallest absolute Gasteiger partial charge is 0.164 e. The first-order valence-electron chi connectivity index (χ1n) is 17.4. The van der Waals surface area contributed by atoms with Crippen molar-refractivity contribution >= 4 is 75.0 Å². The van der Waals surface area contributed by atoms with Gasteiger partial charge in [0.15, 0.2) is 17.5 Å². The van der Waals surface area contributed by atoms with E-state index in [0.717, 1.165) is 55.0 Å². The topological polar surface area (TPSA) is 51.8 Å². The lowest BCUT2D eigenvalue weighted by Gasteiger charge is -2.13. The minimum absolute atomic E-state index is 0.600. The van der Waals surface area contributed by atoms with E-state index < -0.39 is 0 Å². The van der Waals surface area contributed by atoms with Gasteiger partial charge in [-0.15, -0.1) is 11.3 Å². The maximum atomic E-state index is 6.62. The lowest BCUT2D eigenvalue weighted by atomic mass is 9.94. The minimum atomic E-state index is 0.600. The first-order chi connectivity index (χ1) is 25.8. The number of fused-ring (bicyclic) bond motifs is 9. The third kappa shape index (κ3) is 4.43. The fourth-order valence-electron chi connectivity index (χ4n) is 7.85. The molecule has 0 N–H and O–H groups in total. The third-order valence-corrected chi connectivity index (χ3v) is 11.3. The molecule has 8 aromatic carbocycles. The van der Waals surface area contributed by atoms with Gasteiger partial charge < -0.3 is 4.42 Å². The van der Waals surface area contributed by atoms with Gasteiger partial charge in [0.05, 0.1) is 0 Å². The van der Waals surface area contributed by atoms with Crippen molar-refractivity contribution in [2.45, 2.75) is 0 Å². The van der Waals surface area contributed by atoms with Crippen LogP contribution < -0.4 is 0 Å². The van der Waals surface area contributed by atoms with Crippen molar-refractivity contribution in [1.82, 2.24) is 15.0 Å². The van der Waals surface area contributed by atoms with Crippen LogP contribution in [0.15, 0.2) is 168 Å². The second-order valence-electron chi connectivity index (χ2n) is 13.1. The maximum Gasteiger partial charge on any atom is 0.164 e. The number of rotatable bonds is 4. The van der Waals surface area contributed by atoms with Gasteiger partial charge in [-0.1, -0.05) is 133 Å². The van der Waals surface area contributed by atoms with Crippen LogP contribution in [0.5, 0.6) is 0 Å². The van der Waals surface area contributed by atoms with Crippen LogP contribution in [0.3, 0.4) is 0 Å². The molecule has 0 aliphatic carbocycles. The van der Waals surface area contributed by atoms with Crippen LogP contribution in [0.4, 0.5) is 0 Å². The average Bonchev–Trinajstić information content (AvgIpc) is 3.80. The average molecular weight is 682 g/mol. The molecule has 0 aliphatic heterocycles. The molecule has 0 fully saturated rings. The van der Waals surface area contributed by atoms with Crippen molar-refractivity contribution in [2.24, 2.45) is 0 Å². The van der Waals surface area contributed by atoms with Gasteiger partial charge in [-0.3, -0.25) is 0 Å². The molecule has 4 nitrogen and oxygen atoms in total. The predicted octanol–water partition coefficient (Wildman–Crippen LogP) is 13.1. The Hall–Kier alpha value is -6.69. The molecule has 3 aromatic heterocycles. The van der Waals surface area contributed by atoms with Crippen molar-refractivity contribution < 1.29 is 4.42 Å². The summed E-state index contributed by atoms with van der Waals surface area (Å²) in [7, 11) is 0. The summed E-state index contributed by atoms with van der Waals surface area (Å²) in [5, 5.41) is 9.18. The molecule has 0 unspecified atom stereocenters. The maximum absolute atomic E-state index is 6.62.